The average molecular weight is 449 g/mol. The Labute approximate surface area is 198 Å². The van der Waals surface area contributed by atoms with E-state index in [1.165, 1.54) is 0 Å². The van der Waals surface area contributed by atoms with Crippen LogP contribution in [0.1, 0.15) is 75.6 Å². The molecule has 0 spiro atoms. The molecule has 4 heteroatoms. The number of benzene rings is 2. The molecule has 0 aliphatic carbocycles. The first-order valence-electron chi connectivity index (χ1n) is 11.7. The predicted molar refractivity (Wildman–Crippen MR) is 134 cm³/mol. The summed E-state index contributed by atoms with van der Waals surface area (Å²) in [5, 5.41) is 0. The molecule has 0 N–H and O–H groups in total. The molecule has 4 nitrogen and oxygen atoms in total. The molecule has 2 aromatic rings. The Morgan fingerprint density at radius 2 is 1.12 bits per heavy atom. The van der Waals surface area contributed by atoms with Crippen molar-refractivity contribution in [2.75, 3.05) is 0 Å². The van der Waals surface area contributed by atoms with Crippen LogP contribution in [-0.4, -0.2) is 11.9 Å². The maximum atomic E-state index is 12.0. The molecule has 0 amide bonds. The van der Waals surface area contributed by atoms with Crippen molar-refractivity contribution in [2.45, 2.75) is 72.6 Å². The molecule has 0 bridgehead atoms. The highest BCUT2D eigenvalue weighted by atomic mass is 16.5. The zero-order valence-corrected chi connectivity index (χ0v) is 20.5. The lowest BCUT2D eigenvalue weighted by atomic mass is 9.97. The first-order chi connectivity index (χ1) is 15.7. The third kappa shape index (κ3) is 8.05. The highest BCUT2D eigenvalue weighted by molar-refractivity contribution is 5.89. The number of ether oxygens (including phenoxy) is 2. The number of hydrogen-bond acceptors (Lipinski definition) is 4. The van der Waals surface area contributed by atoms with Crippen molar-refractivity contribution < 1.29 is 19.1 Å². The minimum atomic E-state index is -0.402. The van der Waals surface area contributed by atoms with E-state index in [0.29, 0.717) is 22.6 Å². The monoisotopic (exact) mass is 448 g/mol. The lowest BCUT2D eigenvalue weighted by molar-refractivity contribution is -0.131. The molecule has 0 atom stereocenters. The minimum Gasteiger partial charge on any atom is -0.423 e. The van der Waals surface area contributed by atoms with Crippen LogP contribution in [0.5, 0.6) is 11.5 Å². The van der Waals surface area contributed by atoms with Gasteiger partial charge in [-0.15, -0.1) is 0 Å². The van der Waals surface area contributed by atoms with Gasteiger partial charge in [-0.2, -0.15) is 0 Å². The Kier molecular flexibility index (Phi) is 10.1. The topological polar surface area (TPSA) is 52.6 Å². The molecule has 0 fully saturated rings. The lowest BCUT2D eigenvalue weighted by Gasteiger charge is -2.14. The van der Waals surface area contributed by atoms with Crippen LogP contribution in [0.25, 0.3) is 0 Å². The number of carbonyl (C=O) groups is 2. The zero-order chi connectivity index (χ0) is 24.4. The van der Waals surface area contributed by atoms with Gasteiger partial charge in [0.25, 0.3) is 0 Å². The zero-order valence-electron chi connectivity index (χ0n) is 20.5. The molecule has 2 aromatic carbocycles. The van der Waals surface area contributed by atoms with Crippen LogP contribution in [0.2, 0.25) is 0 Å². The molecule has 0 aliphatic heterocycles. The first-order valence-corrected chi connectivity index (χ1v) is 11.7. The Hall–Kier alpha value is -3.14. The summed E-state index contributed by atoms with van der Waals surface area (Å²) in [5.74, 6) is 0.402. The quantitative estimate of drug-likeness (QED) is 0.201. The molecule has 0 radical (unpaired) electrons. The van der Waals surface area contributed by atoms with E-state index in [1.54, 1.807) is 13.8 Å². The second kappa shape index (κ2) is 12.8. The Morgan fingerprint density at radius 3 is 1.45 bits per heavy atom. The molecule has 2 rings (SSSR count). The number of aryl methyl sites for hydroxylation is 2. The number of esters is 2. The average Bonchev–Trinajstić information content (AvgIpc) is 2.78. The smallest absolute Gasteiger partial charge is 0.338 e. The summed E-state index contributed by atoms with van der Waals surface area (Å²) in [4.78, 5) is 24.1. The minimum absolute atomic E-state index is 0.382. The van der Waals surface area contributed by atoms with Gasteiger partial charge in [0.15, 0.2) is 0 Å². The lowest BCUT2D eigenvalue weighted by Crippen LogP contribution is -2.10. The van der Waals surface area contributed by atoms with Gasteiger partial charge >= 0.3 is 11.9 Å². The highest BCUT2D eigenvalue weighted by Gasteiger charge is 2.13. The molecular formula is C29H36O4. The number of rotatable bonds is 12. The number of hydrogen-bond donors (Lipinski definition) is 0. The fourth-order valence-electron chi connectivity index (χ4n) is 3.42. The molecule has 33 heavy (non-hydrogen) atoms. The Morgan fingerprint density at radius 1 is 0.727 bits per heavy atom. The maximum absolute atomic E-state index is 12.0. The van der Waals surface area contributed by atoms with E-state index in [0.717, 1.165) is 67.2 Å². The van der Waals surface area contributed by atoms with Gasteiger partial charge in [-0.05, 0) is 80.3 Å². The Bertz CT molecular complexity index is 935. The molecule has 176 valence electrons. The maximum Gasteiger partial charge on any atom is 0.338 e. The second-order valence-corrected chi connectivity index (χ2v) is 8.61. The Balaban J connectivity index is 2.30. The SMILES string of the molecule is C=C(C)C(=O)Oc1ccc(Cc2ccc(OC(=O)C(=C)C)c(CCCC)c2)cc1CCCC. The summed E-state index contributed by atoms with van der Waals surface area (Å²) in [5.41, 5.74) is 5.11. The predicted octanol–water partition coefficient (Wildman–Crippen LogP) is 6.93. The molecule has 0 saturated carbocycles. The van der Waals surface area contributed by atoms with E-state index < -0.39 is 11.9 Å². The van der Waals surface area contributed by atoms with Crippen molar-refractivity contribution in [3.8, 4) is 11.5 Å². The summed E-state index contributed by atoms with van der Waals surface area (Å²) in [6.07, 6.45) is 6.59. The van der Waals surface area contributed by atoms with Gasteiger partial charge in [0.05, 0.1) is 0 Å². The molecule has 0 aromatic heterocycles. The summed E-state index contributed by atoms with van der Waals surface area (Å²) in [6, 6.07) is 12.0. The van der Waals surface area contributed by atoms with Crippen molar-refractivity contribution in [3.05, 3.63) is 83.0 Å². The van der Waals surface area contributed by atoms with E-state index in [2.05, 4.69) is 39.1 Å². The third-order valence-electron chi connectivity index (χ3n) is 5.36. The van der Waals surface area contributed by atoms with Crippen LogP contribution in [0.15, 0.2) is 60.7 Å². The van der Waals surface area contributed by atoms with Crippen LogP contribution in [-0.2, 0) is 28.9 Å². The van der Waals surface area contributed by atoms with E-state index in [-0.39, 0.29) is 0 Å². The van der Waals surface area contributed by atoms with Crippen LogP contribution in [0.4, 0.5) is 0 Å². The van der Waals surface area contributed by atoms with Crippen LogP contribution < -0.4 is 9.47 Å². The summed E-state index contributed by atoms with van der Waals surface area (Å²) in [6.45, 7) is 14.9. The molecule has 0 unspecified atom stereocenters. The van der Waals surface area contributed by atoms with E-state index >= 15 is 0 Å². The van der Waals surface area contributed by atoms with Crippen molar-refractivity contribution in [1.29, 1.82) is 0 Å². The fraction of sp³-hybridized carbons (Fsp3) is 0.379. The van der Waals surface area contributed by atoms with Crippen molar-refractivity contribution >= 4 is 11.9 Å². The van der Waals surface area contributed by atoms with E-state index in [4.69, 9.17) is 9.47 Å². The summed E-state index contributed by atoms with van der Waals surface area (Å²) in [7, 11) is 0. The first kappa shape index (κ1) is 26.1. The van der Waals surface area contributed by atoms with Crippen LogP contribution in [0.3, 0.4) is 0 Å². The summed E-state index contributed by atoms with van der Waals surface area (Å²) < 4.78 is 11.1. The van der Waals surface area contributed by atoms with Crippen molar-refractivity contribution in [2.24, 2.45) is 0 Å². The van der Waals surface area contributed by atoms with Gasteiger partial charge in [0.1, 0.15) is 11.5 Å². The van der Waals surface area contributed by atoms with Gasteiger partial charge in [0, 0.05) is 11.1 Å². The highest BCUT2D eigenvalue weighted by Crippen LogP contribution is 2.27. The number of unbranched alkanes of at least 4 members (excludes halogenated alkanes) is 2. The van der Waals surface area contributed by atoms with Gasteiger partial charge in [-0.25, -0.2) is 9.59 Å². The standard InChI is InChI=1S/C29H36O4/c1-7-9-11-24-18-22(13-15-26(24)32-28(30)20(3)4)17-23-14-16-27(33-29(31)21(5)6)25(19-23)12-10-8-2/h13-16,18-19H,3,5,7-12,17H2,1-2,4,6H3. The van der Waals surface area contributed by atoms with Crippen LogP contribution >= 0.6 is 0 Å². The third-order valence-corrected chi connectivity index (χ3v) is 5.36. The van der Waals surface area contributed by atoms with Crippen LogP contribution in [0, 0.1) is 0 Å². The molecule has 0 heterocycles. The van der Waals surface area contributed by atoms with E-state index in [9.17, 15) is 9.59 Å². The van der Waals surface area contributed by atoms with Gasteiger partial charge in [0.2, 0.25) is 0 Å². The van der Waals surface area contributed by atoms with Gasteiger partial charge in [-0.1, -0.05) is 64.1 Å². The second-order valence-electron chi connectivity index (χ2n) is 8.61. The van der Waals surface area contributed by atoms with Gasteiger partial charge in [-0.3, -0.25) is 0 Å². The normalized spacial score (nSPS) is 10.5. The number of carbonyl (C=O) groups excluding carboxylic acids is 2. The van der Waals surface area contributed by atoms with Gasteiger partial charge < -0.3 is 9.47 Å². The van der Waals surface area contributed by atoms with Crippen molar-refractivity contribution in [3.63, 3.8) is 0 Å². The molecule has 0 aliphatic rings. The van der Waals surface area contributed by atoms with Crippen molar-refractivity contribution in [1.82, 2.24) is 0 Å². The fourth-order valence-corrected chi connectivity index (χ4v) is 3.42. The molecular weight excluding hydrogens is 412 g/mol. The molecule has 0 saturated heterocycles. The van der Waals surface area contributed by atoms with E-state index in [1.807, 2.05) is 24.3 Å². The largest absolute Gasteiger partial charge is 0.423 e. The summed E-state index contributed by atoms with van der Waals surface area (Å²) >= 11 is 0.